The van der Waals surface area contributed by atoms with Crippen LogP contribution in [-0.2, 0) is 14.3 Å². The van der Waals surface area contributed by atoms with E-state index in [2.05, 4.69) is 0 Å². The minimum atomic E-state index is -2.44. The van der Waals surface area contributed by atoms with Gasteiger partial charge in [-0.3, -0.25) is 9.59 Å². The molecule has 0 aliphatic carbocycles. The first-order valence-corrected chi connectivity index (χ1v) is 6.52. The van der Waals surface area contributed by atoms with Crippen molar-refractivity contribution in [2.24, 2.45) is 5.73 Å². The van der Waals surface area contributed by atoms with Crippen LogP contribution in [-0.4, -0.2) is 28.7 Å². The Labute approximate surface area is 133 Å². The van der Waals surface area contributed by atoms with Crippen molar-refractivity contribution >= 4 is 11.9 Å². The number of esters is 1. The highest BCUT2D eigenvalue weighted by Gasteiger charge is 2.42. The summed E-state index contributed by atoms with van der Waals surface area (Å²) in [6.45, 7) is 4.06. The van der Waals surface area contributed by atoms with Gasteiger partial charge < -0.3 is 15.6 Å². The number of benzene rings is 1. The molecule has 0 heterocycles. The first kappa shape index (κ1) is 19.8. The van der Waals surface area contributed by atoms with Gasteiger partial charge in [-0.25, -0.2) is 22.0 Å². The van der Waals surface area contributed by atoms with E-state index in [1.165, 1.54) is 20.8 Å². The van der Waals surface area contributed by atoms with E-state index in [1.54, 1.807) is 0 Å². The predicted molar refractivity (Wildman–Crippen MR) is 70.4 cm³/mol. The Morgan fingerprint density at radius 2 is 1.33 bits per heavy atom. The summed E-state index contributed by atoms with van der Waals surface area (Å²) in [6, 6.07) is -2.30. The first-order chi connectivity index (χ1) is 10.8. The normalized spacial score (nSPS) is 14.2. The number of carbonyl (C=O) groups is 2. The summed E-state index contributed by atoms with van der Waals surface area (Å²) in [5, 5.41) is 8.90. The molecular formula is C14H14F5NO4. The second kappa shape index (κ2) is 6.71. The van der Waals surface area contributed by atoms with Crippen molar-refractivity contribution in [1.82, 2.24) is 0 Å². The smallest absolute Gasteiger partial charge is 0.321 e. The van der Waals surface area contributed by atoms with Gasteiger partial charge in [0, 0.05) is 5.56 Å². The Hall–Kier alpha value is -2.23. The van der Waals surface area contributed by atoms with Gasteiger partial charge >= 0.3 is 11.9 Å². The highest BCUT2D eigenvalue weighted by Crippen LogP contribution is 2.32. The van der Waals surface area contributed by atoms with Gasteiger partial charge in [0.25, 0.3) is 0 Å². The number of nitrogens with two attached hydrogens (primary N) is 1. The highest BCUT2D eigenvalue weighted by atomic mass is 19.2. The summed E-state index contributed by atoms with van der Waals surface area (Å²) < 4.78 is 72.3. The monoisotopic (exact) mass is 355 g/mol. The van der Waals surface area contributed by atoms with Gasteiger partial charge in [0.1, 0.15) is 17.6 Å². The molecule has 0 amide bonds. The van der Waals surface area contributed by atoms with Crippen molar-refractivity contribution in [3.8, 4) is 0 Å². The van der Waals surface area contributed by atoms with Crippen LogP contribution in [0.2, 0.25) is 0 Å². The van der Waals surface area contributed by atoms with Crippen LogP contribution in [0.1, 0.15) is 32.3 Å². The molecule has 1 aromatic carbocycles. The summed E-state index contributed by atoms with van der Waals surface area (Å²) in [5.41, 5.74) is 2.33. The van der Waals surface area contributed by atoms with Crippen LogP contribution in [0.4, 0.5) is 22.0 Å². The number of hydrogen-bond donors (Lipinski definition) is 2. The van der Waals surface area contributed by atoms with Crippen molar-refractivity contribution < 1.29 is 41.4 Å². The SMILES string of the molecule is CC(C)(C)OC(=O)C(c1c(F)c(F)c(F)c(F)c1F)C(N)C(=O)O. The van der Waals surface area contributed by atoms with E-state index < -0.39 is 64.1 Å². The van der Waals surface area contributed by atoms with Gasteiger partial charge in [0.2, 0.25) is 5.82 Å². The second-order valence-electron chi connectivity index (χ2n) is 5.86. The fourth-order valence-electron chi connectivity index (χ4n) is 1.85. The van der Waals surface area contributed by atoms with E-state index in [4.69, 9.17) is 15.6 Å². The van der Waals surface area contributed by atoms with E-state index in [9.17, 15) is 31.5 Å². The first-order valence-electron chi connectivity index (χ1n) is 6.52. The molecule has 0 spiro atoms. The van der Waals surface area contributed by atoms with Gasteiger partial charge in [-0.2, -0.15) is 0 Å². The van der Waals surface area contributed by atoms with Crippen LogP contribution < -0.4 is 5.73 Å². The summed E-state index contributed by atoms with van der Waals surface area (Å²) >= 11 is 0. The van der Waals surface area contributed by atoms with Crippen molar-refractivity contribution in [2.45, 2.75) is 38.3 Å². The molecule has 2 atom stereocenters. The van der Waals surface area contributed by atoms with Crippen LogP contribution in [0.3, 0.4) is 0 Å². The molecule has 2 unspecified atom stereocenters. The Bertz CT molecular complexity index is 658. The number of carbonyl (C=O) groups excluding carboxylic acids is 1. The van der Waals surface area contributed by atoms with Crippen molar-refractivity contribution in [1.29, 1.82) is 0 Å². The standard InChI is InChI=1S/C14H14F5NO4/c1-14(2,3)24-13(23)5(11(20)12(21)22)4-6(15)8(17)10(19)9(18)7(4)16/h5,11H,20H2,1-3H3,(H,21,22). The molecule has 10 heteroatoms. The fraction of sp³-hybridized carbons (Fsp3) is 0.429. The lowest BCUT2D eigenvalue weighted by molar-refractivity contribution is -0.160. The van der Waals surface area contributed by atoms with E-state index in [1.807, 2.05) is 0 Å². The number of hydrogen-bond acceptors (Lipinski definition) is 4. The predicted octanol–water partition coefficient (Wildman–Crippen LogP) is 2.22. The maximum absolute atomic E-state index is 13.9. The molecule has 0 bridgehead atoms. The van der Waals surface area contributed by atoms with Gasteiger partial charge in [-0.05, 0) is 20.8 Å². The molecule has 0 aliphatic heterocycles. The van der Waals surface area contributed by atoms with E-state index in [0.717, 1.165) is 0 Å². The van der Waals surface area contributed by atoms with E-state index in [0.29, 0.717) is 0 Å². The van der Waals surface area contributed by atoms with Crippen LogP contribution >= 0.6 is 0 Å². The Balaban J connectivity index is 3.63. The molecule has 0 radical (unpaired) electrons. The van der Waals surface area contributed by atoms with Crippen molar-refractivity contribution in [3.05, 3.63) is 34.6 Å². The number of carboxylic acid groups (broad SMARTS) is 1. The van der Waals surface area contributed by atoms with Gasteiger partial charge in [-0.1, -0.05) is 0 Å². The Morgan fingerprint density at radius 1 is 0.958 bits per heavy atom. The summed E-state index contributed by atoms with van der Waals surface area (Å²) in [6.07, 6.45) is 0. The zero-order chi connectivity index (χ0) is 19.0. The number of rotatable bonds is 4. The molecule has 0 aliphatic rings. The van der Waals surface area contributed by atoms with E-state index >= 15 is 0 Å². The molecule has 3 N–H and O–H groups in total. The lowest BCUT2D eigenvalue weighted by Gasteiger charge is -2.26. The average molecular weight is 355 g/mol. The maximum Gasteiger partial charge on any atom is 0.321 e. The maximum atomic E-state index is 13.9. The van der Waals surface area contributed by atoms with Gasteiger partial charge in [0.05, 0.1) is 0 Å². The molecule has 5 nitrogen and oxygen atoms in total. The highest BCUT2D eigenvalue weighted by molar-refractivity contribution is 5.88. The van der Waals surface area contributed by atoms with Crippen LogP contribution in [0.15, 0.2) is 0 Å². The Morgan fingerprint density at radius 3 is 1.67 bits per heavy atom. The molecule has 0 saturated carbocycles. The summed E-state index contributed by atoms with van der Waals surface area (Å²) in [5.74, 6) is -17.7. The Kier molecular flexibility index (Phi) is 5.54. The number of carboxylic acids is 1. The lowest BCUT2D eigenvalue weighted by Crippen LogP contribution is -2.44. The average Bonchev–Trinajstić information content (AvgIpc) is 2.44. The molecule has 24 heavy (non-hydrogen) atoms. The van der Waals surface area contributed by atoms with E-state index in [-0.39, 0.29) is 0 Å². The van der Waals surface area contributed by atoms with Gasteiger partial charge in [0.15, 0.2) is 23.3 Å². The molecule has 134 valence electrons. The van der Waals surface area contributed by atoms with Crippen LogP contribution in [0, 0.1) is 29.1 Å². The topological polar surface area (TPSA) is 89.6 Å². The number of ether oxygens (including phenoxy) is 1. The van der Waals surface area contributed by atoms with Crippen molar-refractivity contribution in [3.63, 3.8) is 0 Å². The van der Waals surface area contributed by atoms with Crippen molar-refractivity contribution in [2.75, 3.05) is 0 Å². The summed E-state index contributed by atoms with van der Waals surface area (Å²) in [7, 11) is 0. The molecular weight excluding hydrogens is 341 g/mol. The van der Waals surface area contributed by atoms with Crippen LogP contribution in [0.5, 0.6) is 0 Å². The van der Waals surface area contributed by atoms with Gasteiger partial charge in [-0.15, -0.1) is 0 Å². The molecule has 0 fully saturated rings. The van der Waals surface area contributed by atoms with Crippen LogP contribution in [0.25, 0.3) is 0 Å². The number of halogens is 5. The number of aliphatic carboxylic acids is 1. The fourth-order valence-corrected chi connectivity index (χ4v) is 1.85. The zero-order valence-electron chi connectivity index (χ0n) is 12.8. The third kappa shape index (κ3) is 3.81. The molecule has 1 aromatic rings. The molecule has 0 aromatic heterocycles. The third-order valence-corrected chi connectivity index (χ3v) is 2.86. The lowest BCUT2D eigenvalue weighted by atomic mass is 9.90. The largest absolute Gasteiger partial charge is 0.480 e. The zero-order valence-corrected chi connectivity index (χ0v) is 12.8. The minimum absolute atomic E-state index is 1.22. The second-order valence-corrected chi connectivity index (χ2v) is 5.86. The third-order valence-electron chi connectivity index (χ3n) is 2.86. The summed E-state index contributed by atoms with van der Waals surface area (Å²) in [4.78, 5) is 23.1. The molecule has 1 rings (SSSR count). The minimum Gasteiger partial charge on any atom is -0.480 e. The quantitative estimate of drug-likeness (QED) is 0.374. The molecule has 0 saturated heterocycles.